The van der Waals surface area contributed by atoms with E-state index in [2.05, 4.69) is 15.9 Å². The second-order valence-electron chi connectivity index (χ2n) is 4.53. The number of nitrogens with zero attached hydrogens (tertiary/aromatic N) is 2. The molecule has 4 nitrogen and oxygen atoms in total. The number of aromatic nitrogens is 2. The molecule has 98 valence electrons. The van der Waals surface area contributed by atoms with Crippen LogP contribution in [0.3, 0.4) is 0 Å². The molecule has 0 amide bonds. The van der Waals surface area contributed by atoms with Crippen LogP contribution in [0.4, 0.5) is 0 Å². The lowest BCUT2D eigenvalue weighted by atomic mass is 10.1. The second-order valence-corrected chi connectivity index (χ2v) is 5.44. The molecule has 5 heteroatoms. The minimum atomic E-state index is -0.0173. The zero-order valence-corrected chi connectivity index (χ0v) is 12.2. The molecule has 0 spiro atoms. The Morgan fingerprint density at radius 3 is 2.58 bits per heavy atom. The van der Waals surface area contributed by atoms with Crippen LogP contribution < -0.4 is 5.69 Å². The summed E-state index contributed by atoms with van der Waals surface area (Å²) < 4.78 is 8.70. The van der Waals surface area contributed by atoms with Gasteiger partial charge in [0.05, 0.1) is 22.1 Å². The average molecular weight is 321 g/mol. The zero-order valence-electron chi connectivity index (χ0n) is 10.6. The molecule has 0 bridgehead atoms. The average Bonchev–Trinajstić information content (AvgIpc) is 3.03. The normalized spacial score (nSPS) is 13.0. The van der Waals surface area contributed by atoms with Gasteiger partial charge >= 0.3 is 5.69 Å². The summed E-state index contributed by atoms with van der Waals surface area (Å²) in [7, 11) is 3.56. The topological polar surface area (TPSA) is 40.1 Å². The minimum absolute atomic E-state index is 0.0118. The fourth-order valence-electron chi connectivity index (χ4n) is 2.28. The molecule has 0 aliphatic rings. The molecule has 2 aromatic heterocycles. The molecule has 3 rings (SSSR count). The lowest BCUT2D eigenvalue weighted by molar-refractivity contribution is 0.520. The van der Waals surface area contributed by atoms with Crippen LogP contribution in [0, 0.1) is 0 Å². The predicted octanol–water partition coefficient (Wildman–Crippen LogP) is 2.95. The second kappa shape index (κ2) is 4.42. The Morgan fingerprint density at radius 1 is 1.16 bits per heavy atom. The number of furan rings is 1. The molecule has 0 aliphatic heterocycles. The van der Waals surface area contributed by atoms with Gasteiger partial charge in [0, 0.05) is 14.1 Å². The van der Waals surface area contributed by atoms with Crippen molar-refractivity contribution in [3.05, 3.63) is 58.4 Å². The number of benzene rings is 1. The highest BCUT2D eigenvalue weighted by atomic mass is 79.9. The highest BCUT2D eigenvalue weighted by molar-refractivity contribution is 9.09. The van der Waals surface area contributed by atoms with Crippen molar-refractivity contribution in [2.45, 2.75) is 4.83 Å². The van der Waals surface area contributed by atoms with Gasteiger partial charge in [-0.1, -0.05) is 22.0 Å². The van der Waals surface area contributed by atoms with E-state index in [1.54, 1.807) is 29.5 Å². The van der Waals surface area contributed by atoms with Gasteiger partial charge in [0.25, 0.3) is 0 Å². The van der Waals surface area contributed by atoms with Crippen molar-refractivity contribution >= 4 is 27.0 Å². The van der Waals surface area contributed by atoms with Gasteiger partial charge in [0.2, 0.25) is 0 Å². The Labute approximate surface area is 118 Å². The van der Waals surface area contributed by atoms with Crippen LogP contribution in [0.5, 0.6) is 0 Å². The maximum absolute atomic E-state index is 11.9. The summed E-state index contributed by atoms with van der Waals surface area (Å²) in [6.07, 6.45) is 1.65. The van der Waals surface area contributed by atoms with Crippen molar-refractivity contribution in [2.24, 2.45) is 14.1 Å². The van der Waals surface area contributed by atoms with Gasteiger partial charge in [-0.3, -0.25) is 9.13 Å². The summed E-state index contributed by atoms with van der Waals surface area (Å²) in [5.74, 6) is 0.847. The van der Waals surface area contributed by atoms with Gasteiger partial charge in [-0.15, -0.1) is 0 Å². The predicted molar refractivity (Wildman–Crippen MR) is 77.6 cm³/mol. The van der Waals surface area contributed by atoms with E-state index in [9.17, 15) is 4.79 Å². The van der Waals surface area contributed by atoms with Crippen LogP contribution in [-0.4, -0.2) is 9.13 Å². The number of fused-ring (bicyclic) bond motifs is 1. The van der Waals surface area contributed by atoms with Gasteiger partial charge in [0.15, 0.2) is 0 Å². The fourth-order valence-corrected chi connectivity index (χ4v) is 2.83. The third-order valence-electron chi connectivity index (χ3n) is 3.38. The van der Waals surface area contributed by atoms with E-state index in [0.29, 0.717) is 0 Å². The van der Waals surface area contributed by atoms with E-state index in [0.717, 1.165) is 22.4 Å². The number of halogens is 1. The van der Waals surface area contributed by atoms with E-state index >= 15 is 0 Å². The highest BCUT2D eigenvalue weighted by Crippen LogP contribution is 2.32. The zero-order chi connectivity index (χ0) is 13.6. The number of hydrogen-bond donors (Lipinski definition) is 0. The van der Waals surface area contributed by atoms with Gasteiger partial charge in [-0.05, 0) is 29.8 Å². The van der Waals surface area contributed by atoms with Gasteiger partial charge < -0.3 is 4.42 Å². The van der Waals surface area contributed by atoms with Crippen LogP contribution in [0.15, 0.2) is 45.8 Å². The Bertz CT molecular complexity index is 784. The molecule has 1 atom stereocenters. The summed E-state index contributed by atoms with van der Waals surface area (Å²) in [5, 5.41) is 0. The highest BCUT2D eigenvalue weighted by Gasteiger charge is 2.15. The SMILES string of the molecule is Cn1c(=O)n(C)c2cc(C(Br)c3ccco3)ccc21. The van der Waals surface area contributed by atoms with E-state index < -0.39 is 0 Å². The summed E-state index contributed by atoms with van der Waals surface area (Å²) in [4.78, 5) is 11.9. The maximum Gasteiger partial charge on any atom is 0.328 e. The molecule has 3 aromatic rings. The lowest BCUT2D eigenvalue weighted by Gasteiger charge is -2.07. The molecule has 0 aliphatic carbocycles. The van der Waals surface area contributed by atoms with Crippen LogP contribution in [0.25, 0.3) is 11.0 Å². The summed E-state index contributed by atoms with van der Waals surface area (Å²) in [6.45, 7) is 0. The fraction of sp³-hybridized carbons (Fsp3) is 0.214. The van der Waals surface area contributed by atoms with Gasteiger partial charge in [-0.25, -0.2) is 4.79 Å². The third-order valence-corrected chi connectivity index (χ3v) is 4.36. The van der Waals surface area contributed by atoms with E-state index in [4.69, 9.17) is 4.42 Å². The molecule has 0 saturated heterocycles. The number of rotatable bonds is 2. The van der Waals surface area contributed by atoms with Crippen molar-refractivity contribution in [3.8, 4) is 0 Å². The molecule has 19 heavy (non-hydrogen) atoms. The van der Waals surface area contributed by atoms with Crippen molar-refractivity contribution in [3.63, 3.8) is 0 Å². The standard InChI is InChI=1S/C14H13BrN2O2/c1-16-10-6-5-9(8-11(10)17(2)14(16)18)13(15)12-4-3-7-19-12/h3-8,13H,1-2H3. The smallest absolute Gasteiger partial charge is 0.328 e. The first kappa shape index (κ1) is 12.3. The number of imidazole rings is 1. The largest absolute Gasteiger partial charge is 0.468 e. The van der Waals surface area contributed by atoms with E-state index in [1.807, 2.05) is 30.3 Å². The van der Waals surface area contributed by atoms with Crippen molar-refractivity contribution in [2.75, 3.05) is 0 Å². The Morgan fingerprint density at radius 2 is 1.89 bits per heavy atom. The maximum atomic E-state index is 11.9. The van der Waals surface area contributed by atoms with Crippen LogP contribution in [0.2, 0.25) is 0 Å². The lowest BCUT2D eigenvalue weighted by Crippen LogP contribution is -2.19. The number of hydrogen-bond acceptors (Lipinski definition) is 2. The first-order valence-electron chi connectivity index (χ1n) is 5.92. The molecule has 1 aromatic carbocycles. The van der Waals surface area contributed by atoms with Crippen molar-refractivity contribution in [1.82, 2.24) is 9.13 Å². The van der Waals surface area contributed by atoms with Gasteiger partial charge in [-0.2, -0.15) is 0 Å². The van der Waals surface area contributed by atoms with Crippen LogP contribution in [-0.2, 0) is 14.1 Å². The first-order valence-corrected chi connectivity index (χ1v) is 6.84. The van der Waals surface area contributed by atoms with Crippen LogP contribution >= 0.6 is 15.9 Å². The molecule has 0 N–H and O–H groups in total. The summed E-state index contributed by atoms with van der Waals surface area (Å²) in [6, 6.07) is 9.76. The van der Waals surface area contributed by atoms with Crippen LogP contribution in [0.1, 0.15) is 16.2 Å². The van der Waals surface area contributed by atoms with E-state index in [-0.39, 0.29) is 10.5 Å². The molecule has 1 unspecified atom stereocenters. The molecular formula is C14H13BrN2O2. The molecular weight excluding hydrogens is 308 g/mol. The van der Waals surface area contributed by atoms with Crippen molar-refractivity contribution < 1.29 is 4.42 Å². The number of alkyl halides is 1. The quantitative estimate of drug-likeness (QED) is 0.681. The Kier molecular flexibility index (Phi) is 2.86. The Hall–Kier alpha value is -1.75. The molecule has 0 fully saturated rings. The third kappa shape index (κ3) is 1.85. The monoisotopic (exact) mass is 320 g/mol. The molecule has 2 heterocycles. The Balaban J connectivity index is 2.17. The number of aryl methyl sites for hydroxylation is 2. The molecule has 0 radical (unpaired) electrons. The first-order chi connectivity index (χ1) is 9.09. The van der Waals surface area contributed by atoms with Crippen molar-refractivity contribution in [1.29, 1.82) is 0 Å². The summed E-state index contributed by atoms with van der Waals surface area (Å²) >= 11 is 3.62. The minimum Gasteiger partial charge on any atom is -0.468 e. The van der Waals surface area contributed by atoms with Gasteiger partial charge in [0.1, 0.15) is 5.76 Å². The molecule has 0 saturated carbocycles. The summed E-state index contributed by atoms with van der Waals surface area (Å²) in [5.41, 5.74) is 2.89. The van der Waals surface area contributed by atoms with E-state index in [1.165, 1.54) is 0 Å².